The molecule has 0 aliphatic rings. The molecule has 2 N–H and O–H groups in total. The molecule has 0 fully saturated rings. The highest BCUT2D eigenvalue weighted by Crippen LogP contribution is 2.17. The van der Waals surface area contributed by atoms with Crippen molar-refractivity contribution >= 4 is 11.1 Å². The van der Waals surface area contributed by atoms with Gasteiger partial charge in [0.2, 0.25) is 0 Å². The summed E-state index contributed by atoms with van der Waals surface area (Å²) in [5.41, 5.74) is 8.63. The molecule has 0 spiro atoms. The third-order valence-corrected chi connectivity index (χ3v) is 3.09. The summed E-state index contributed by atoms with van der Waals surface area (Å²) in [5, 5.41) is 0. The maximum atomic E-state index is 5.50. The van der Waals surface area contributed by atoms with Gasteiger partial charge in [-0.2, -0.15) is 0 Å². The number of fused-ring (bicyclic) bond motifs is 1. The number of likely N-dealkylation sites (N-methyl/N-ethyl adjacent to an activating group) is 1. The minimum atomic E-state index is 0.724. The Balaban J connectivity index is 1.95. The summed E-state index contributed by atoms with van der Waals surface area (Å²) in [4.78, 5) is 6.66. The molecule has 1 aromatic carbocycles. The lowest BCUT2D eigenvalue weighted by molar-refractivity contribution is 0.335. The van der Waals surface area contributed by atoms with E-state index in [0.29, 0.717) is 0 Å². The standard InChI is InChI=1S/C14H21N3O/c1-11-16-13-10-12(4-5-14(13)18-11)6-9-17(2)8-3-7-15/h4-5,10H,3,6-9,15H2,1-2H3. The molecule has 0 unspecified atom stereocenters. The molecule has 4 nitrogen and oxygen atoms in total. The molecule has 0 aliphatic heterocycles. The minimum absolute atomic E-state index is 0.724. The van der Waals surface area contributed by atoms with Crippen LogP contribution in [0.2, 0.25) is 0 Å². The van der Waals surface area contributed by atoms with Crippen LogP contribution in [-0.2, 0) is 6.42 Å². The third kappa shape index (κ3) is 3.31. The molecule has 98 valence electrons. The average molecular weight is 247 g/mol. The molecular weight excluding hydrogens is 226 g/mol. The lowest BCUT2D eigenvalue weighted by Gasteiger charge is -2.15. The van der Waals surface area contributed by atoms with E-state index in [1.807, 2.05) is 13.0 Å². The number of nitrogens with zero attached hydrogens (tertiary/aromatic N) is 2. The molecule has 0 saturated carbocycles. The van der Waals surface area contributed by atoms with Gasteiger partial charge in [-0.15, -0.1) is 0 Å². The van der Waals surface area contributed by atoms with E-state index < -0.39 is 0 Å². The van der Waals surface area contributed by atoms with E-state index in [2.05, 4.69) is 29.1 Å². The number of hydrogen-bond acceptors (Lipinski definition) is 4. The van der Waals surface area contributed by atoms with Crippen LogP contribution in [0.25, 0.3) is 11.1 Å². The van der Waals surface area contributed by atoms with Gasteiger partial charge >= 0.3 is 0 Å². The van der Waals surface area contributed by atoms with Crippen molar-refractivity contribution in [2.75, 3.05) is 26.7 Å². The zero-order valence-electron chi connectivity index (χ0n) is 11.1. The Morgan fingerprint density at radius 3 is 2.94 bits per heavy atom. The average Bonchev–Trinajstić information content (AvgIpc) is 2.73. The van der Waals surface area contributed by atoms with Gasteiger partial charge in [-0.05, 0) is 50.7 Å². The zero-order valence-corrected chi connectivity index (χ0v) is 11.1. The highest BCUT2D eigenvalue weighted by Gasteiger charge is 2.04. The topological polar surface area (TPSA) is 55.3 Å². The number of rotatable bonds is 6. The largest absolute Gasteiger partial charge is 0.441 e. The van der Waals surface area contributed by atoms with Crippen molar-refractivity contribution in [3.05, 3.63) is 29.7 Å². The van der Waals surface area contributed by atoms with Crippen LogP contribution >= 0.6 is 0 Å². The van der Waals surface area contributed by atoms with Crippen LogP contribution in [0.1, 0.15) is 17.9 Å². The fraction of sp³-hybridized carbons (Fsp3) is 0.500. The van der Waals surface area contributed by atoms with E-state index in [1.165, 1.54) is 5.56 Å². The van der Waals surface area contributed by atoms with E-state index in [1.54, 1.807) is 0 Å². The predicted octanol–water partition coefficient (Wildman–Crippen LogP) is 1.96. The maximum absolute atomic E-state index is 5.50. The molecule has 2 aromatic rings. The SMILES string of the molecule is Cc1nc2cc(CCN(C)CCCN)ccc2o1. The zero-order chi connectivity index (χ0) is 13.0. The second-order valence-corrected chi connectivity index (χ2v) is 4.73. The van der Waals surface area contributed by atoms with E-state index >= 15 is 0 Å². The van der Waals surface area contributed by atoms with Crippen LogP contribution in [0.5, 0.6) is 0 Å². The monoisotopic (exact) mass is 247 g/mol. The molecule has 0 amide bonds. The third-order valence-electron chi connectivity index (χ3n) is 3.09. The first-order chi connectivity index (χ1) is 8.69. The van der Waals surface area contributed by atoms with E-state index in [9.17, 15) is 0 Å². The Bertz CT molecular complexity index is 507. The van der Waals surface area contributed by atoms with Crippen LogP contribution in [0.4, 0.5) is 0 Å². The fourth-order valence-corrected chi connectivity index (χ4v) is 2.04. The van der Waals surface area contributed by atoms with Crippen molar-refractivity contribution in [3.63, 3.8) is 0 Å². The van der Waals surface area contributed by atoms with Gasteiger partial charge in [-0.1, -0.05) is 6.07 Å². The molecule has 1 heterocycles. The summed E-state index contributed by atoms with van der Waals surface area (Å²) in [5.74, 6) is 0.724. The van der Waals surface area contributed by atoms with Crippen molar-refractivity contribution in [2.45, 2.75) is 19.8 Å². The summed E-state index contributed by atoms with van der Waals surface area (Å²) >= 11 is 0. The molecule has 2 rings (SSSR count). The number of aromatic nitrogens is 1. The molecule has 0 radical (unpaired) electrons. The molecule has 18 heavy (non-hydrogen) atoms. The Hall–Kier alpha value is -1.39. The highest BCUT2D eigenvalue weighted by molar-refractivity contribution is 5.73. The first kappa shape index (κ1) is 13.1. The summed E-state index contributed by atoms with van der Waals surface area (Å²) in [6.45, 7) is 4.74. The Kier molecular flexibility index (Phi) is 4.33. The van der Waals surface area contributed by atoms with Crippen LogP contribution in [0, 0.1) is 6.92 Å². The molecule has 0 saturated heterocycles. The second kappa shape index (κ2) is 5.98. The highest BCUT2D eigenvalue weighted by atomic mass is 16.3. The van der Waals surface area contributed by atoms with E-state index in [0.717, 1.165) is 49.5 Å². The van der Waals surface area contributed by atoms with Crippen LogP contribution in [-0.4, -0.2) is 36.6 Å². The van der Waals surface area contributed by atoms with Crippen molar-refractivity contribution in [2.24, 2.45) is 5.73 Å². The summed E-state index contributed by atoms with van der Waals surface area (Å²) in [7, 11) is 2.13. The lowest BCUT2D eigenvalue weighted by atomic mass is 10.1. The number of hydrogen-bond donors (Lipinski definition) is 1. The number of nitrogens with two attached hydrogens (primary N) is 1. The van der Waals surface area contributed by atoms with E-state index in [-0.39, 0.29) is 0 Å². The van der Waals surface area contributed by atoms with Crippen molar-refractivity contribution in [1.82, 2.24) is 9.88 Å². The molecule has 1 aromatic heterocycles. The minimum Gasteiger partial charge on any atom is -0.441 e. The van der Waals surface area contributed by atoms with Gasteiger partial charge < -0.3 is 15.1 Å². The maximum Gasteiger partial charge on any atom is 0.192 e. The quantitative estimate of drug-likeness (QED) is 0.847. The van der Waals surface area contributed by atoms with Gasteiger partial charge in [-0.25, -0.2) is 4.98 Å². The number of benzene rings is 1. The van der Waals surface area contributed by atoms with Gasteiger partial charge in [0.1, 0.15) is 5.52 Å². The first-order valence-electron chi connectivity index (χ1n) is 6.43. The summed E-state index contributed by atoms with van der Waals surface area (Å²) < 4.78 is 5.47. The van der Waals surface area contributed by atoms with Crippen molar-refractivity contribution < 1.29 is 4.42 Å². The van der Waals surface area contributed by atoms with Crippen LogP contribution in [0.3, 0.4) is 0 Å². The van der Waals surface area contributed by atoms with Gasteiger partial charge in [0.05, 0.1) is 0 Å². The van der Waals surface area contributed by atoms with Gasteiger partial charge in [0, 0.05) is 13.5 Å². The molecular formula is C14H21N3O. The molecule has 0 aliphatic carbocycles. The summed E-state index contributed by atoms with van der Waals surface area (Å²) in [6.07, 6.45) is 2.08. The first-order valence-corrected chi connectivity index (χ1v) is 6.43. The fourth-order valence-electron chi connectivity index (χ4n) is 2.04. The van der Waals surface area contributed by atoms with Crippen molar-refractivity contribution in [3.8, 4) is 0 Å². The van der Waals surface area contributed by atoms with Gasteiger partial charge in [0.15, 0.2) is 11.5 Å². The molecule has 0 atom stereocenters. The smallest absolute Gasteiger partial charge is 0.192 e. The van der Waals surface area contributed by atoms with Crippen LogP contribution in [0.15, 0.2) is 22.6 Å². The normalized spacial score (nSPS) is 11.6. The predicted molar refractivity (Wildman–Crippen MR) is 73.6 cm³/mol. The second-order valence-electron chi connectivity index (χ2n) is 4.73. The Morgan fingerprint density at radius 1 is 1.33 bits per heavy atom. The molecule has 4 heteroatoms. The summed E-state index contributed by atoms with van der Waals surface area (Å²) in [6, 6.07) is 6.23. The Morgan fingerprint density at radius 2 is 2.17 bits per heavy atom. The Labute approximate surface area is 108 Å². The number of aryl methyl sites for hydroxylation is 1. The van der Waals surface area contributed by atoms with Crippen molar-refractivity contribution in [1.29, 1.82) is 0 Å². The molecule has 0 bridgehead atoms. The lowest BCUT2D eigenvalue weighted by Crippen LogP contribution is -2.24. The van der Waals surface area contributed by atoms with E-state index in [4.69, 9.17) is 10.2 Å². The van der Waals surface area contributed by atoms with Crippen LogP contribution < -0.4 is 5.73 Å². The van der Waals surface area contributed by atoms with Gasteiger partial charge in [-0.3, -0.25) is 0 Å². The number of oxazole rings is 1. The van der Waals surface area contributed by atoms with Gasteiger partial charge in [0.25, 0.3) is 0 Å².